The number of hydrogen-bond donors (Lipinski definition) is 0. The first kappa shape index (κ1) is 13.9. The van der Waals surface area contributed by atoms with Gasteiger partial charge >= 0.3 is 0 Å². The molecule has 0 N–H and O–H groups in total. The molecule has 0 saturated heterocycles. The number of rotatable bonds is 5. The molecule has 0 aromatic heterocycles. The third-order valence-corrected chi connectivity index (χ3v) is 3.37. The molecule has 1 aromatic carbocycles. The van der Waals surface area contributed by atoms with Gasteiger partial charge in [0.2, 0.25) is 0 Å². The molecular formula is C12H17ClN2O2. The molecule has 1 unspecified atom stereocenters. The van der Waals surface area contributed by atoms with E-state index < -0.39 is 4.92 Å². The Bertz CT molecular complexity index is 409. The Morgan fingerprint density at radius 2 is 2.18 bits per heavy atom. The molecule has 0 aliphatic rings. The molecule has 0 radical (unpaired) electrons. The van der Waals surface area contributed by atoms with E-state index >= 15 is 0 Å². The van der Waals surface area contributed by atoms with Crippen LogP contribution in [0.1, 0.15) is 25.8 Å². The fourth-order valence-electron chi connectivity index (χ4n) is 1.53. The highest BCUT2D eigenvalue weighted by molar-refractivity contribution is 6.31. The Kier molecular flexibility index (Phi) is 4.90. The van der Waals surface area contributed by atoms with Crippen molar-refractivity contribution < 1.29 is 4.92 Å². The average molecular weight is 257 g/mol. The molecule has 4 nitrogen and oxygen atoms in total. The normalized spacial score (nSPS) is 12.8. The van der Waals surface area contributed by atoms with Gasteiger partial charge in [0.05, 0.1) is 4.92 Å². The Labute approximate surface area is 106 Å². The van der Waals surface area contributed by atoms with Crippen LogP contribution in [0, 0.1) is 10.1 Å². The lowest BCUT2D eigenvalue weighted by molar-refractivity contribution is -0.384. The lowest BCUT2D eigenvalue weighted by atomic mass is 10.1. The number of nitro benzene ring substituents is 1. The standard InChI is InChI=1S/C12H17ClN2O2/c1-4-9(2)14(3)8-10-7-11(15(16)17)5-6-12(10)13/h5-7,9H,4,8H2,1-3H3. The molecule has 0 spiro atoms. The molecule has 0 aliphatic carbocycles. The minimum Gasteiger partial charge on any atom is -0.299 e. The first-order valence-corrected chi connectivity index (χ1v) is 5.96. The van der Waals surface area contributed by atoms with Gasteiger partial charge in [0.15, 0.2) is 0 Å². The topological polar surface area (TPSA) is 46.4 Å². The SMILES string of the molecule is CCC(C)N(C)Cc1cc([N+](=O)[O-])ccc1Cl. The molecule has 1 aromatic rings. The van der Waals surface area contributed by atoms with E-state index in [1.807, 2.05) is 7.05 Å². The average Bonchev–Trinajstić information content (AvgIpc) is 2.30. The van der Waals surface area contributed by atoms with Crippen LogP contribution in [0.2, 0.25) is 5.02 Å². The minimum atomic E-state index is -0.400. The smallest absolute Gasteiger partial charge is 0.269 e. The summed E-state index contributed by atoms with van der Waals surface area (Å²) in [5.74, 6) is 0. The molecule has 0 heterocycles. The molecular weight excluding hydrogens is 240 g/mol. The summed E-state index contributed by atoms with van der Waals surface area (Å²) in [5.41, 5.74) is 0.880. The van der Waals surface area contributed by atoms with Crippen LogP contribution in [0.3, 0.4) is 0 Å². The van der Waals surface area contributed by atoms with Gasteiger partial charge in [-0.25, -0.2) is 0 Å². The van der Waals surface area contributed by atoms with Crippen molar-refractivity contribution in [1.82, 2.24) is 4.90 Å². The van der Waals surface area contributed by atoms with Gasteiger partial charge in [-0.3, -0.25) is 15.0 Å². The third-order valence-electron chi connectivity index (χ3n) is 3.00. The van der Waals surface area contributed by atoms with E-state index in [0.717, 1.165) is 12.0 Å². The molecule has 0 aliphatic heterocycles. The predicted molar refractivity (Wildman–Crippen MR) is 69.3 cm³/mol. The number of benzene rings is 1. The van der Waals surface area contributed by atoms with Crippen molar-refractivity contribution in [3.63, 3.8) is 0 Å². The van der Waals surface area contributed by atoms with E-state index in [1.54, 1.807) is 12.1 Å². The highest BCUT2D eigenvalue weighted by Gasteiger charge is 2.13. The number of nitrogens with zero attached hydrogens (tertiary/aromatic N) is 2. The molecule has 1 atom stereocenters. The quantitative estimate of drug-likeness (QED) is 0.599. The van der Waals surface area contributed by atoms with Crippen LogP contribution in [0.5, 0.6) is 0 Å². The molecule has 1 rings (SSSR count). The molecule has 0 fully saturated rings. The van der Waals surface area contributed by atoms with E-state index in [9.17, 15) is 10.1 Å². The molecule has 0 saturated carbocycles. The zero-order valence-electron chi connectivity index (χ0n) is 10.3. The first-order chi connectivity index (χ1) is 7.95. The lowest BCUT2D eigenvalue weighted by Crippen LogP contribution is -2.27. The van der Waals surface area contributed by atoms with Crippen molar-refractivity contribution in [3.8, 4) is 0 Å². The second-order valence-corrected chi connectivity index (χ2v) is 4.61. The third kappa shape index (κ3) is 3.68. The molecule has 5 heteroatoms. The maximum atomic E-state index is 10.7. The number of nitro groups is 1. The van der Waals surface area contributed by atoms with Gasteiger partial charge in [-0.15, -0.1) is 0 Å². The van der Waals surface area contributed by atoms with Gasteiger partial charge in [-0.1, -0.05) is 18.5 Å². The summed E-state index contributed by atoms with van der Waals surface area (Å²) in [4.78, 5) is 12.4. The van der Waals surface area contributed by atoms with E-state index in [2.05, 4.69) is 18.7 Å². The van der Waals surface area contributed by atoms with Crippen molar-refractivity contribution in [1.29, 1.82) is 0 Å². The van der Waals surface area contributed by atoms with Crippen LogP contribution in [-0.2, 0) is 6.54 Å². The van der Waals surface area contributed by atoms with Crippen molar-refractivity contribution in [2.75, 3.05) is 7.05 Å². The lowest BCUT2D eigenvalue weighted by Gasteiger charge is -2.23. The van der Waals surface area contributed by atoms with Gasteiger partial charge in [0, 0.05) is 29.7 Å². The van der Waals surface area contributed by atoms with Gasteiger partial charge < -0.3 is 0 Å². The summed E-state index contributed by atoms with van der Waals surface area (Å²) >= 11 is 6.04. The van der Waals surface area contributed by atoms with Gasteiger partial charge in [-0.2, -0.15) is 0 Å². The second kappa shape index (κ2) is 5.98. The monoisotopic (exact) mass is 256 g/mol. The fourth-order valence-corrected chi connectivity index (χ4v) is 1.71. The van der Waals surface area contributed by atoms with Crippen LogP contribution in [0.25, 0.3) is 0 Å². The summed E-state index contributed by atoms with van der Waals surface area (Å²) in [6.45, 7) is 4.84. The second-order valence-electron chi connectivity index (χ2n) is 4.21. The predicted octanol–water partition coefficient (Wildman–Crippen LogP) is 3.48. The van der Waals surface area contributed by atoms with Crippen LogP contribution in [0.4, 0.5) is 5.69 Å². The Morgan fingerprint density at radius 1 is 1.53 bits per heavy atom. The highest BCUT2D eigenvalue weighted by Crippen LogP contribution is 2.23. The van der Waals surface area contributed by atoms with Crippen molar-refractivity contribution >= 4 is 17.3 Å². The molecule has 0 bridgehead atoms. The van der Waals surface area contributed by atoms with E-state index in [0.29, 0.717) is 17.6 Å². The number of non-ortho nitro benzene ring substituents is 1. The minimum absolute atomic E-state index is 0.0851. The maximum absolute atomic E-state index is 10.7. The zero-order valence-corrected chi connectivity index (χ0v) is 11.1. The maximum Gasteiger partial charge on any atom is 0.269 e. The van der Waals surface area contributed by atoms with Crippen LogP contribution >= 0.6 is 11.6 Å². The van der Waals surface area contributed by atoms with E-state index in [-0.39, 0.29) is 5.69 Å². The van der Waals surface area contributed by atoms with Crippen LogP contribution < -0.4 is 0 Å². The van der Waals surface area contributed by atoms with Crippen molar-refractivity contribution in [3.05, 3.63) is 38.9 Å². The molecule has 0 amide bonds. The number of hydrogen-bond acceptors (Lipinski definition) is 3. The highest BCUT2D eigenvalue weighted by atomic mass is 35.5. The first-order valence-electron chi connectivity index (χ1n) is 5.58. The summed E-state index contributed by atoms with van der Waals surface area (Å²) < 4.78 is 0. The number of halogens is 1. The largest absolute Gasteiger partial charge is 0.299 e. The van der Waals surface area contributed by atoms with E-state index in [1.165, 1.54) is 6.07 Å². The molecule has 94 valence electrons. The Morgan fingerprint density at radius 3 is 2.71 bits per heavy atom. The van der Waals surface area contributed by atoms with Gasteiger partial charge in [0.25, 0.3) is 5.69 Å². The van der Waals surface area contributed by atoms with E-state index in [4.69, 9.17) is 11.6 Å². The van der Waals surface area contributed by atoms with Crippen LogP contribution in [0.15, 0.2) is 18.2 Å². The summed E-state index contributed by atoms with van der Waals surface area (Å²) in [7, 11) is 1.99. The summed E-state index contributed by atoms with van der Waals surface area (Å²) in [6.07, 6.45) is 1.03. The summed E-state index contributed by atoms with van der Waals surface area (Å²) in [5, 5.41) is 11.3. The Hall–Kier alpha value is -1.13. The zero-order chi connectivity index (χ0) is 13.0. The van der Waals surface area contributed by atoms with Crippen LogP contribution in [-0.4, -0.2) is 22.9 Å². The Balaban J connectivity index is 2.89. The van der Waals surface area contributed by atoms with Gasteiger partial charge in [-0.05, 0) is 32.0 Å². The van der Waals surface area contributed by atoms with Gasteiger partial charge in [0.1, 0.15) is 0 Å². The van der Waals surface area contributed by atoms with Crippen molar-refractivity contribution in [2.24, 2.45) is 0 Å². The van der Waals surface area contributed by atoms with Crippen molar-refractivity contribution in [2.45, 2.75) is 32.9 Å². The molecule has 17 heavy (non-hydrogen) atoms. The summed E-state index contributed by atoms with van der Waals surface area (Å²) in [6, 6.07) is 4.97. The fraction of sp³-hybridized carbons (Fsp3) is 0.500.